The second kappa shape index (κ2) is 7.76. The van der Waals surface area contributed by atoms with Crippen LogP contribution in [0.25, 0.3) is 11.3 Å². The molecule has 2 saturated heterocycles. The van der Waals surface area contributed by atoms with Crippen molar-refractivity contribution < 1.29 is 0 Å². The van der Waals surface area contributed by atoms with Crippen LogP contribution in [0.1, 0.15) is 50.5 Å². The molecule has 0 radical (unpaired) electrons. The van der Waals surface area contributed by atoms with Crippen molar-refractivity contribution >= 4 is 5.82 Å². The predicted octanol–water partition coefficient (Wildman–Crippen LogP) is 4.25. The van der Waals surface area contributed by atoms with Gasteiger partial charge in [-0.3, -0.25) is 0 Å². The van der Waals surface area contributed by atoms with Gasteiger partial charge in [0.15, 0.2) is 5.82 Å². The molecule has 0 atom stereocenters. The molecule has 0 amide bonds. The lowest BCUT2D eigenvalue weighted by atomic mass is 9.70. The lowest BCUT2D eigenvalue weighted by molar-refractivity contribution is 0.0305. The Morgan fingerprint density at radius 3 is 2.31 bits per heavy atom. The lowest BCUT2D eigenvalue weighted by Crippen LogP contribution is -2.51. The van der Waals surface area contributed by atoms with Crippen LogP contribution >= 0.6 is 0 Å². The van der Waals surface area contributed by atoms with Crippen molar-refractivity contribution in [1.29, 1.82) is 5.26 Å². The summed E-state index contributed by atoms with van der Waals surface area (Å²) in [6.45, 7) is 4.78. The van der Waals surface area contributed by atoms with Gasteiger partial charge in [0, 0.05) is 24.7 Å². The van der Waals surface area contributed by atoms with Crippen LogP contribution in [-0.4, -0.2) is 47.3 Å². The number of hydrogen-bond donors (Lipinski definition) is 0. The third-order valence-electron chi connectivity index (χ3n) is 7.54. The maximum absolute atomic E-state index is 9.09. The van der Waals surface area contributed by atoms with E-state index in [-0.39, 0.29) is 0 Å². The van der Waals surface area contributed by atoms with Gasteiger partial charge < -0.3 is 9.80 Å². The van der Waals surface area contributed by atoms with Crippen molar-refractivity contribution in [2.75, 3.05) is 31.1 Å². The number of likely N-dealkylation sites (tertiary alicyclic amines) is 1. The molecule has 3 aliphatic rings. The van der Waals surface area contributed by atoms with Gasteiger partial charge >= 0.3 is 0 Å². The zero-order valence-electron chi connectivity index (χ0n) is 17.1. The van der Waals surface area contributed by atoms with Crippen molar-refractivity contribution in [3.63, 3.8) is 0 Å². The molecule has 150 valence electrons. The first-order valence-electron chi connectivity index (χ1n) is 11.1. The molecule has 3 fully saturated rings. The molecular formula is C24H29N5. The minimum absolute atomic E-state index is 0.557. The molecule has 5 nitrogen and oxygen atoms in total. The van der Waals surface area contributed by atoms with E-state index in [1.807, 2.05) is 30.3 Å². The average Bonchev–Trinajstić information content (AvgIpc) is 2.75. The standard InChI is InChI=1S/C24H29N5/c25-18-19-3-1-4-20(17-19)22-7-8-23(27-26-22)29-15-11-24(12-16-29)9-13-28(14-10-24)21-5-2-6-21/h1,3-4,7-8,17,21H,2,5-6,9-16H2. The third-order valence-corrected chi connectivity index (χ3v) is 7.54. The zero-order valence-corrected chi connectivity index (χ0v) is 17.1. The number of piperidine rings is 2. The molecule has 2 aromatic rings. The van der Waals surface area contributed by atoms with Crippen molar-refractivity contribution in [1.82, 2.24) is 15.1 Å². The van der Waals surface area contributed by atoms with Gasteiger partial charge in [-0.15, -0.1) is 10.2 Å². The summed E-state index contributed by atoms with van der Waals surface area (Å²) in [7, 11) is 0. The number of anilines is 1. The van der Waals surface area contributed by atoms with E-state index < -0.39 is 0 Å². The smallest absolute Gasteiger partial charge is 0.151 e. The summed E-state index contributed by atoms with van der Waals surface area (Å²) >= 11 is 0. The third kappa shape index (κ3) is 3.74. The Bertz CT molecular complexity index is 878. The van der Waals surface area contributed by atoms with E-state index in [4.69, 9.17) is 5.26 Å². The predicted molar refractivity (Wildman–Crippen MR) is 115 cm³/mol. The van der Waals surface area contributed by atoms with Gasteiger partial charge in [0.05, 0.1) is 17.3 Å². The molecule has 5 heteroatoms. The summed E-state index contributed by atoms with van der Waals surface area (Å²) in [6.07, 6.45) is 9.59. The van der Waals surface area contributed by atoms with Crippen LogP contribution in [0.3, 0.4) is 0 Å². The second-order valence-corrected chi connectivity index (χ2v) is 9.08. The van der Waals surface area contributed by atoms with Crippen LogP contribution in [-0.2, 0) is 0 Å². The van der Waals surface area contributed by atoms with Gasteiger partial charge in [-0.2, -0.15) is 5.26 Å². The monoisotopic (exact) mass is 387 g/mol. The van der Waals surface area contributed by atoms with Crippen LogP contribution < -0.4 is 4.90 Å². The number of benzene rings is 1. The van der Waals surface area contributed by atoms with Crippen molar-refractivity contribution in [2.24, 2.45) is 5.41 Å². The summed E-state index contributed by atoms with van der Waals surface area (Å²) in [5.41, 5.74) is 2.97. The maximum Gasteiger partial charge on any atom is 0.151 e. The van der Waals surface area contributed by atoms with E-state index in [0.29, 0.717) is 11.0 Å². The van der Waals surface area contributed by atoms with Gasteiger partial charge in [-0.25, -0.2) is 0 Å². The largest absolute Gasteiger partial charge is 0.355 e. The fourth-order valence-electron chi connectivity index (χ4n) is 5.22. The van der Waals surface area contributed by atoms with Crippen molar-refractivity contribution in [3.05, 3.63) is 42.0 Å². The summed E-state index contributed by atoms with van der Waals surface area (Å²) in [5.74, 6) is 0.979. The fraction of sp³-hybridized carbons (Fsp3) is 0.542. The van der Waals surface area contributed by atoms with E-state index in [9.17, 15) is 0 Å². The molecule has 1 aromatic carbocycles. The van der Waals surface area contributed by atoms with Crippen LogP contribution in [0.15, 0.2) is 36.4 Å². The second-order valence-electron chi connectivity index (χ2n) is 9.08. The first-order chi connectivity index (χ1) is 14.2. The van der Waals surface area contributed by atoms with Gasteiger partial charge in [0.25, 0.3) is 0 Å². The molecule has 1 saturated carbocycles. The summed E-state index contributed by atoms with van der Waals surface area (Å²) in [4.78, 5) is 5.15. The van der Waals surface area contributed by atoms with E-state index in [2.05, 4.69) is 32.1 Å². The van der Waals surface area contributed by atoms with Crippen LogP contribution in [0.5, 0.6) is 0 Å². The number of aromatic nitrogens is 2. The zero-order chi connectivity index (χ0) is 19.7. The molecule has 1 spiro atoms. The lowest BCUT2D eigenvalue weighted by Gasteiger charge is -2.50. The highest BCUT2D eigenvalue weighted by atomic mass is 15.3. The highest BCUT2D eigenvalue weighted by Crippen LogP contribution is 2.43. The van der Waals surface area contributed by atoms with Crippen molar-refractivity contribution in [2.45, 2.75) is 51.0 Å². The fourth-order valence-corrected chi connectivity index (χ4v) is 5.22. The Hall–Kier alpha value is -2.45. The first-order valence-corrected chi connectivity index (χ1v) is 11.1. The summed E-state index contributed by atoms with van der Waals surface area (Å²) < 4.78 is 0. The van der Waals surface area contributed by atoms with E-state index in [0.717, 1.165) is 36.2 Å². The minimum Gasteiger partial charge on any atom is -0.355 e. The van der Waals surface area contributed by atoms with E-state index in [1.165, 1.54) is 58.0 Å². The number of rotatable bonds is 3. The number of nitriles is 1. The number of nitrogens with zero attached hydrogens (tertiary/aromatic N) is 5. The topological polar surface area (TPSA) is 56.1 Å². The normalized spacial score (nSPS) is 22.2. The van der Waals surface area contributed by atoms with E-state index in [1.54, 1.807) is 0 Å². The molecule has 2 aliphatic heterocycles. The van der Waals surface area contributed by atoms with E-state index >= 15 is 0 Å². The molecular weight excluding hydrogens is 358 g/mol. The first kappa shape index (κ1) is 18.6. The Kier molecular flexibility index (Phi) is 4.97. The molecule has 1 aliphatic carbocycles. The highest BCUT2D eigenvalue weighted by Gasteiger charge is 2.39. The molecule has 1 aromatic heterocycles. The quantitative estimate of drug-likeness (QED) is 0.788. The highest BCUT2D eigenvalue weighted by molar-refractivity contribution is 5.61. The van der Waals surface area contributed by atoms with Gasteiger partial charge in [0.1, 0.15) is 0 Å². The Morgan fingerprint density at radius 1 is 0.931 bits per heavy atom. The Labute approximate surface area is 173 Å². The van der Waals surface area contributed by atoms with Crippen LogP contribution in [0.4, 0.5) is 5.82 Å². The molecule has 5 rings (SSSR count). The molecule has 29 heavy (non-hydrogen) atoms. The number of hydrogen-bond acceptors (Lipinski definition) is 5. The SMILES string of the molecule is N#Cc1cccc(-c2ccc(N3CCC4(CC3)CCN(C3CCC3)CC4)nn2)c1. The van der Waals surface area contributed by atoms with Gasteiger partial charge in [-0.1, -0.05) is 18.6 Å². The van der Waals surface area contributed by atoms with Gasteiger partial charge in [-0.05, 0) is 81.3 Å². The Balaban J connectivity index is 1.19. The summed E-state index contributed by atoms with van der Waals surface area (Å²) in [6, 6.07) is 14.7. The summed E-state index contributed by atoms with van der Waals surface area (Å²) in [5, 5.41) is 18.0. The van der Waals surface area contributed by atoms with Gasteiger partial charge in [0.2, 0.25) is 0 Å². The maximum atomic E-state index is 9.09. The van der Waals surface area contributed by atoms with Crippen molar-refractivity contribution in [3.8, 4) is 17.3 Å². The molecule has 0 N–H and O–H groups in total. The molecule has 0 bridgehead atoms. The molecule has 3 heterocycles. The average molecular weight is 388 g/mol. The van der Waals surface area contributed by atoms with Crippen LogP contribution in [0.2, 0.25) is 0 Å². The minimum atomic E-state index is 0.557. The molecule has 0 unspecified atom stereocenters. The Morgan fingerprint density at radius 2 is 1.69 bits per heavy atom. The van der Waals surface area contributed by atoms with Crippen LogP contribution in [0, 0.1) is 16.7 Å².